The molecule has 1 N–H and O–H groups in total. The van der Waals surface area contributed by atoms with E-state index >= 15 is 0 Å². The first-order valence-electron chi connectivity index (χ1n) is 7.53. The maximum atomic E-state index is 12.2. The average Bonchev–Trinajstić information content (AvgIpc) is 2.61. The molecule has 6 heteroatoms. The number of benzene rings is 1. The fourth-order valence-corrected chi connectivity index (χ4v) is 2.35. The number of pyridine rings is 1. The first-order valence-corrected chi connectivity index (χ1v) is 7.53. The molecule has 1 atom stereocenters. The normalized spacial score (nSPS) is 11.4. The van der Waals surface area contributed by atoms with Gasteiger partial charge in [0.25, 0.3) is 0 Å². The second-order valence-electron chi connectivity index (χ2n) is 5.18. The van der Waals surface area contributed by atoms with E-state index in [1.165, 1.54) is 14.2 Å². The Labute approximate surface area is 140 Å². The number of carbonyl (C=O) groups excluding carboxylic acids is 2. The van der Waals surface area contributed by atoms with Crippen LogP contribution >= 0.6 is 0 Å². The van der Waals surface area contributed by atoms with Crippen LogP contribution in [0.25, 0.3) is 0 Å². The minimum atomic E-state index is -0.802. The lowest BCUT2D eigenvalue weighted by Crippen LogP contribution is -2.43. The van der Waals surface area contributed by atoms with Gasteiger partial charge in [-0.3, -0.25) is 4.79 Å². The van der Waals surface area contributed by atoms with Crippen LogP contribution in [0.2, 0.25) is 0 Å². The van der Waals surface area contributed by atoms with Crippen molar-refractivity contribution >= 4 is 11.9 Å². The second-order valence-corrected chi connectivity index (χ2v) is 5.18. The molecule has 0 saturated heterocycles. The minimum absolute atomic E-state index is 0.193. The summed E-state index contributed by atoms with van der Waals surface area (Å²) in [5.41, 5.74) is 1.59. The molecule has 0 aliphatic carbocycles. The standard InChI is InChI=1S/C18H20N2O4/c1-23-17-14(9-6-10-19-17)12-15(18(22)24-2)20-16(21)11-13-7-4-3-5-8-13/h3-10,15H,11-12H2,1-2H3,(H,20,21)/t15-/m1/s1. The molecule has 24 heavy (non-hydrogen) atoms. The van der Waals surface area contributed by atoms with Crippen molar-refractivity contribution in [1.82, 2.24) is 10.3 Å². The number of nitrogens with zero attached hydrogens (tertiary/aromatic N) is 1. The van der Waals surface area contributed by atoms with E-state index in [1.807, 2.05) is 30.3 Å². The zero-order valence-electron chi connectivity index (χ0n) is 13.7. The van der Waals surface area contributed by atoms with Gasteiger partial charge < -0.3 is 14.8 Å². The molecule has 2 aromatic rings. The Morgan fingerprint density at radius 3 is 2.54 bits per heavy atom. The zero-order chi connectivity index (χ0) is 17.4. The number of hydrogen-bond donors (Lipinski definition) is 1. The summed E-state index contributed by atoms with van der Waals surface area (Å²) in [6.07, 6.45) is 2.03. The minimum Gasteiger partial charge on any atom is -0.481 e. The highest BCUT2D eigenvalue weighted by molar-refractivity contribution is 5.85. The summed E-state index contributed by atoms with van der Waals surface area (Å²) in [7, 11) is 2.80. The molecule has 0 saturated carbocycles. The number of methoxy groups -OCH3 is 2. The number of aromatic nitrogens is 1. The van der Waals surface area contributed by atoms with Crippen molar-refractivity contribution in [2.24, 2.45) is 0 Å². The van der Waals surface area contributed by atoms with Crippen LogP contribution in [0.1, 0.15) is 11.1 Å². The molecule has 1 aromatic carbocycles. The highest BCUT2D eigenvalue weighted by Crippen LogP contribution is 2.16. The van der Waals surface area contributed by atoms with E-state index in [1.54, 1.807) is 18.3 Å². The summed E-state index contributed by atoms with van der Waals surface area (Å²) >= 11 is 0. The number of esters is 1. The molecule has 0 aliphatic heterocycles. The van der Waals surface area contributed by atoms with Gasteiger partial charge in [-0.25, -0.2) is 9.78 Å². The molecular weight excluding hydrogens is 308 g/mol. The highest BCUT2D eigenvalue weighted by atomic mass is 16.5. The molecule has 0 spiro atoms. The van der Waals surface area contributed by atoms with Crippen molar-refractivity contribution in [2.75, 3.05) is 14.2 Å². The van der Waals surface area contributed by atoms with Crippen molar-refractivity contribution in [3.63, 3.8) is 0 Å². The molecular formula is C18H20N2O4. The van der Waals surface area contributed by atoms with Crippen molar-refractivity contribution in [2.45, 2.75) is 18.9 Å². The SMILES string of the molecule is COC(=O)[C@@H](Cc1cccnc1OC)NC(=O)Cc1ccccc1. The smallest absolute Gasteiger partial charge is 0.328 e. The molecule has 6 nitrogen and oxygen atoms in total. The van der Waals surface area contributed by atoms with E-state index in [2.05, 4.69) is 10.3 Å². The summed E-state index contributed by atoms with van der Waals surface area (Å²) in [5, 5.41) is 2.72. The Morgan fingerprint density at radius 1 is 1.12 bits per heavy atom. The van der Waals surface area contributed by atoms with E-state index in [0.29, 0.717) is 5.88 Å². The average molecular weight is 328 g/mol. The molecule has 1 aromatic heterocycles. The predicted molar refractivity (Wildman–Crippen MR) is 88.6 cm³/mol. The van der Waals surface area contributed by atoms with Gasteiger partial charge in [0.1, 0.15) is 6.04 Å². The van der Waals surface area contributed by atoms with E-state index in [-0.39, 0.29) is 18.7 Å². The first kappa shape index (κ1) is 17.5. The fourth-order valence-electron chi connectivity index (χ4n) is 2.35. The molecule has 1 amide bonds. The van der Waals surface area contributed by atoms with Crippen molar-refractivity contribution in [3.05, 3.63) is 59.8 Å². The summed E-state index contributed by atoms with van der Waals surface area (Å²) in [6.45, 7) is 0. The molecule has 0 bridgehead atoms. The van der Waals surface area contributed by atoms with E-state index < -0.39 is 12.0 Å². The molecule has 126 valence electrons. The number of amides is 1. The van der Waals surface area contributed by atoms with Crippen LogP contribution in [0.4, 0.5) is 0 Å². The van der Waals surface area contributed by atoms with Crippen LogP contribution in [0.5, 0.6) is 5.88 Å². The predicted octanol–water partition coefficient (Wildman–Crippen LogP) is 1.53. The van der Waals surface area contributed by atoms with Gasteiger partial charge >= 0.3 is 5.97 Å². The number of rotatable bonds is 7. The lowest BCUT2D eigenvalue weighted by molar-refractivity contribution is -0.145. The first-order chi connectivity index (χ1) is 11.6. The van der Waals surface area contributed by atoms with Gasteiger partial charge in [-0.05, 0) is 11.6 Å². The van der Waals surface area contributed by atoms with Gasteiger partial charge in [-0.1, -0.05) is 36.4 Å². The Hall–Kier alpha value is -2.89. The Bertz CT molecular complexity index is 688. The van der Waals surface area contributed by atoms with E-state index in [0.717, 1.165) is 11.1 Å². The van der Waals surface area contributed by atoms with Crippen LogP contribution in [-0.2, 0) is 27.2 Å². The molecule has 0 radical (unpaired) electrons. The monoisotopic (exact) mass is 328 g/mol. The summed E-state index contributed by atoms with van der Waals surface area (Å²) in [5.74, 6) is -0.342. The molecule has 0 unspecified atom stereocenters. The number of hydrogen-bond acceptors (Lipinski definition) is 5. The maximum Gasteiger partial charge on any atom is 0.328 e. The Morgan fingerprint density at radius 2 is 1.88 bits per heavy atom. The van der Waals surface area contributed by atoms with Crippen molar-refractivity contribution in [3.8, 4) is 5.88 Å². The zero-order valence-corrected chi connectivity index (χ0v) is 13.7. The van der Waals surface area contributed by atoms with Gasteiger partial charge in [-0.2, -0.15) is 0 Å². The summed E-state index contributed by atoms with van der Waals surface area (Å²) < 4.78 is 9.98. The van der Waals surface area contributed by atoms with Gasteiger partial charge in [-0.15, -0.1) is 0 Å². The third-order valence-electron chi connectivity index (χ3n) is 3.50. The van der Waals surface area contributed by atoms with Crippen molar-refractivity contribution < 1.29 is 19.1 Å². The quantitative estimate of drug-likeness (QED) is 0.780. The third kappa shape index (κ3) is 4.81. The summed E-state index contributed by atoms with van der Waals surface area (Å²) in [4.78, 5) is 28.3. The van der Waals surface area contributed by atoms with Crippen LogP contribution < -0.4 is 10.1 Å². The van der Waals surface area contributed by atoms with E-state index in [4.69, 9.17) is 9.47 Å². The Kier molecular flexibility index (Phi) is 6.31. The number of carbonyl (C=O) groups is 2. The largest absolute Gasteiger partial charge is 0.481 e. The van der Waals surface area contributed by atoms with E-state index in [9.17, 15) is 9.59 Å². The van der Waals surface area contributed by atoms with Crippen LogP contribution in [-0.4, -0.2) is 37.1 Å². The van der Waals surface area contributed by atoms with Gasteiger partial charge in [0.15, 0.2) is 0 Å². The number of nitrogens with one attached hydrogen (secondary N) is 1. The summed E-state index contributed by atoms with van der Waals surface area (Å²) in [6, 6.07) is 12.1. The molecule has 0 fully saturated rings. The van der Waals surface area contributed by atoms with Crippen LogP contribution in [0, 0.1) is 0 Å². The fraction of sp³-hybridized carbons (Fsp3) is 0.278. The lowest BCUT2D eigenvalue weighted by Gasteiger charge is -2.17. The Balaban J connectivity index is 2.08. The highest BCUT2D eigenvalue weighted by Gasteiger charge is 2.23. The van der Waals surface area contributed by atoms with Crippen LogP contribution in [0.3, 0.4) is 0 Å². The van der Waals surface area contributed by atoms with Crippen molar-refractivity contribution in [1.29, 1.82) is 0 Å². The van der Waals surface area contributed by atoms with Crippen LogP contribution in [0.15, 0.2) is 48.7 Å². The van der Waals surface area contributed by atoms with Gasteiger partial charge in [0.2, 0.25) is 11.8 Å². The topological polar surface area (TPSA) is 77.5 Å². The number of ether oxygens (including phenoxy) is 2. The molecule has 1 heterocycles. The third-order valence-corrected chi connectivity index (χ3v) is 3.50. The molecule has 2 rings (SSSR count). The molecule has 0 aliphatic rings. The second kappa shape index (κ2) is 8.67. The lowest BCUT2D eigenvalue weighted by atomic mass is 10.1. The van der Waals surface area contributed by atoms with Gasteiger partial charge in [0.05, 0.1) is 20.6 Å². The maximum absolute atomic E-state index is 12.2. The van der Waals surface area contributed by atoms with Gasteiger partial charge in [0, 0.05) is 18.2 Å².